The van der Waals surface area contributed by atoms with Gasteiger partial charge in [-0.3, -0.25) is 0 Å². The van der Waals surface area contributed by atoms with E-state index >= 15 is 0 Å². The molecule has 0 radical (unpaired) electrons. The fraction of sp³-hybridized carbons (Fsp3) is 0.500. The second-order valence-corrected chi connectivity index (χ2v) is 4.54. The van der Waals surface area contributed by atoms with Crippen LogP contribution in [0.15, 0.2) is 18.2 Å². The lowest BCUT2D eigenvalue weighted by Crippen LogP contribution is -2.31. The second-order valence-electron chi connectivity index (χ2n) is 4.54. The molecule has 0 spiro atoms. The minimum Gasteiger partial charge on any atom is -0.490 e. The van der Waals surface area contributed by atoms with Crippen LogP contribution in [0.25, 0.3) is 0 Å². The summed E-state index contributed by atoms with van der Waals surface area (Å²) in [6.45, 7) is 5.87. The molecule has 0 heterocycles. The Hall–Kier alpha value is -1.75. The molecule has 2 N–H and O–H groups in total. The molecule has 19 heavy (non-hydrogen) atoms. The normalized spacial score (nSPS) is 13.7. The Morgan fingerprint density at radius 3 is 2.47 bits per heavy atom. The molecule has 106 valence electrons. The van der Waals surface area contributed by atoms with Gasteiger partial charge in [-0.25, -0.2) is 4.79 Å². The number of carbonyl (C=O) groups is 1. The van der Waals surface area contributed by atoms with Gasteiger partial charge >= 0.3 is 5.97 Å². The summed E-state index contributed by atoms with van der Waals surface area (Å²) in [6, 6.07) is 4.41. The second kappa shape index (κ2) is 6.43. The lowest BCUT2D eigenvalue weighted by Gasteiger charge is -2.22. The minimum atomic E-state index is -1.02. The molecule has 0 aliphatic heterocycles. The molecule has 1 rings (SSSR count). The monoisotopic (exact) mass is 268 g/mol. The molecule has 1 atom stereocenters. The van der Waals surface area contributed by atoms with Gasteiger partial charge in [0.25, 0.3) is 0 Å². The van der Waals surface area contributed by atoms with Gasteiger partial charge in [0.05, 0.1) is 17.8 Å². The summed E-state index contributed by atoms with van der Waals surface area (Å²) in [7, 11) is 0. The lowest BCUT2D eigenvalue weighted by molar-refractivity contribution is 0.00759. The van der Waals surface area contributed by atoms with Crippen LogP contribution in [0.1, 0.15) is 37.6 Å². The molecule has 5 heteroatoms. The highest BCUT2D eigenvalue weighted by atomic mass is 16.5. The van der Waals surface area contributed by atoms with E-state index < -0.39 is 11.6 Å². The number of carboxylic acids is 1. The zero-order valence-corrected chi connectivity index (χ0v) is 11.5. The summed E-state index contributed by atoms with van der Waals surface area (Å²) < 4.78 is 10.9. The van der Waals surface area contributed by atoms with Crippen molar-refractivity contribution in [1.29, 1.82) is 0 Å². The first-order valence-electron chi connectivity index (χ1n) is 6.25. The average molecular weight is 268 g/mol. The Labute approximate surface area is 112 Å². The molecule has 0 amide bonds. The molecule has 0 bridgehead atoms. The van der Waals surface area contributed by atoms with E-state index in [0.29, 0.717) is 24.5 Å². The van der Waals surface area contributed by atoms with Gasteiger partial charge in [0.15, 0.2) is 11.5 Å². The Morgan fingerprint density at radius 2 is 1.95 bits per heavy atom. The molecular weight excluding hydrogens is 248 g/mol. The van der Waals surface area contributed by atoms with Gasteiger partial charge in [0.1, 0.15) is 6.61 Å². The third-order valence-corrected chi connectivity index (χ3v) is 2.79. The quantitative estimate of drug-likeness (QED) is 0.793. The fourth-order valence-corrected chi connectivity index (χ4v) is 1.36. The van der Waals surface area contributed by atoms with E-state index in [2.05, 4.69) is 0 Å². The molecule has 5 nitrogen and oxygen atoms in total. The van der Waals surface area contributed by atoms with Gasteiger partial charge in [-0.05, 0) is 38.5 Å². The van der Waals surface area contributed by atoms with Crippen LogP contribution < -0.4 is 9.47 Å². The van der Waals surface area contributed by atoms with E-state index in [-0.39, 0.29) is 12.2 Å². The van der Waals surface area contributed by atoms with Gasteiger partial charge in [0.2, 0.25) is 0 Å². The summed E-state index contributed by atoms with van der Waals surface area (Å²) in [5, 5.41) is 18.8. The van der Waals surface area contributed by atoms with Gasteiger partial charge in [-0.1, -0.05) is 6.92 Å². The van der Waals surface area contributed by atoms with Gasteiger partial charge in [0, 0.05) is 0 Å². The van der Waals surface area contributed by atoms with Crippen molar-refractivity contribution in [1.82, 2.24) is 0 Å². The molecule has 1 aromatic rings. The summed E-state index contributed by atoms with van der Waals surface area (Å²) in [5.74, 6) is -0.220. The van der Waals surface area contributed by atoms with E-state index in [1.54, 1.807) is 19.9 Å². The predicted octanol–water partition coefficient (Wildman–Crippen LogP) is 2.32. The summed E-state index contributed by atoms with van der Waals surface area (Å²) in [5.41, 5.74) is -0.785. The maximum Gasteiger partial charge on any atom is 0.335 e. The fourth-order valence-electron chi connectivity index (χ4n) is 1.36. The van der Waals surface area contributed by atoms with Gasteiger partial charge < -0.3 is 19.7 Å². The van der Waals surface area contributed by atoms with Crippen LogP contribution >= 0.6 is 0 Å². The Morgan fingerprint density at radius 1 is 1.26 bits per heavy atom. The Bertz CT molecular complexity index is 439. The highest BCUT2D eigenvalue weighted by molar-refractivity contribution is 5.88. The first-order valence-corrected chi connectivity index (χ1v) is 6.25. The van der Waals surface area contributed by atoms with Crippen LogP contribution in [0.5, 0.6) is 11.5 Å². The number of ether oxygens (including phenoxy) is 2. The smallest absolute Gasteiger partial charge is 0.335 e. The number of aromatic carboxylic acids is 1. The van der Waals surface area contributed by atoms with E-state index in [9.17, 15) is 9.90 Å². The third-order valence-electron chi connectivity index (χ3n) is 2.79. The van der Waals surface area contributed by atoms with Crippen LogP contribution in [0.3, 0.4) is 0 Å². The molecule has 0 saturated heterocycles. The number of carboxylic acid groups (broad SMARTS) is 1. The van der Waals surface area contributed by atoms with Crippen LogP contribution in [0.2, 0.25) is 0 Å². The van der Waals surface area contributed by atoms with E-state index in [0.717, 1.165) is 0 Å². The molecule has 0 aromatic heterocycles. The van der Waals surface area contributed by atoms with Crippen molar-refractivity contribution in [3.05, 3.63) is 23.8 Å². The standard InChI is InChI=1S/C14H20O5/c1-4-14(3,17)9-19-11-7-6-10(13(15)16)8-12(11)18-5-2/h6-8,17H,4-5,9H2,1-3H3,(H,15,16). The first-order chi connectivity index (χ1) is 8.89. The highest BCUT2D eigenvalue weighted by Crippen LogP contribution is 2.29. The van der Waals surface area contributed by atoms with E-state index in [1.807, 2.05) is 6.92 Å². The summed E-state index contributed by atoms with van der Waals surface area (Å²) in [6.07, 6.45) is 0.560. The zero-order chi connectivity index (χ0) is 14.5. The Kier molecular flexibility index (Phi) is 5.18. The van der Waals surface area contributed by atoms with Crippen molar-refractivity contribution in [2.75, 3.05) is 13.2 Å². The molecule has 1 aromatic carbocycles. The minimum absolute atomic E-state index is 0.121. The average Bonchev–Trinajstić information content (AvgIpc) is 2.37. The van der Waals surface area contributed by atoms with Gasteiger partial charge in [-0.15, -0.1) is 0 Å². The topological polar surface area (TPSA) is 76.0 Å². The number of rotatable bonds is 7. The molecule has 0 aliphatic rings. The molecule has 0 aliphatic carbocycles. The number of hydrogen-bond donors (Lipinski definition) is 2. The van der Waals surface area contributed by atoms with Crippen LogP contribution in [-0.2, 0) is 0 Å². The summed E-state index contributed by atoms with van der Waals surface area (Å²) in [4.78, 5) is 10.9. The third kappa shape index (κ3) is 4.44. The SMILES string of the molecule is CCOc1cc(C(=O)O)ccc1OCC(C)(O)CC. The van der Waals surface area contributed by atoms with Crippen molar-refractivity contribution >= 4 is 5.97 Å². The first kappa shape index (κ1) is 15.3. The Balaban J connectivity index is 2.90. The maximum atomic E-state index is 10.9. The molecule has 0 fully saturated rings. The van der Waals surface area contributed by atoms with Crippen molar-refractivity contribution in [3.63, 3.8) is 0 Å². The number of aliphatic hydroxyl groups is 1. The zero-order valence-electron chi connectivity index (χ0n) is 11.5. The van der Waals surface area contributed by atoms with Crippen LogP contribution in [-0.4, -0.2) is 35.0 Å². The summed E-state index contributed by atoms with van der Waals surface area (Å²) >= 11 is 0. The van der Waals surface area contributed by atoms with Gasteiger partial charge in [-0.2, -0.15) is 0 Å². The van der Waals surface area contributed by atoms with Crippen molar-refractivity contribution in [3.8, 4) is 11.5 Å². The largest absolute Gasteiger partial charge is 0.490 e. The molecule has 1 unspecified atom stereocenters. The van der Waals surface area contributed by atoms with Crippen LogP contribution in [0, 0.1) is 0 Å². The van der Waals surface area contributed by atoms with Crippen molar-refractivity contribution in [2.45, 2.75) is 32.8 Å². The number of hydrogen-bond acceptors (Lipinski definition) is 4. The van der Waals surface area contributed by atoms with Crippen LogP contribution in [0.4, 0.5) is 0 Å². The maximum absolute atomic E-state index is 10.9. The lowest BCUT2D eigenvalue weighted by atomic mass is 10.1. The molecular formula is C14H20O5. The predicted molar refractivity (Wildman–Crippen MR) is 71.0 cm³/mol. The van der Waals surface area contributed by atoms with E-state index in [1.165, 1.54) is 12.1 Å². The van der Waals surface area contributed by atoms with E-state index in [4.69, 9.17) is 14.6 Å². The van der Waals surface area contributed by atoms with Crippen molar-refractivity contribution < 1.29 is 24.5 Å². The highest BCUT2D eigenvalue weighted by Gasteiger charge is 2.20. The van der Waals surface area contributed by atoms with Crippen molar-refractivity contribution in [2.24, 2.45) is 0 Å². The molecule has 0 saturated carbocycles. The number of benzene rings is 1.